The van der Waals surface area contributed by atoms with Gasteiger partial charge in [-0.2, -0.15) is 0 Å². The topological polar surface area (TPSA) is 72.2 Å². The Labute approximate surface area is 128 Å². The highest BCUT2D eigenvalue weighted by Gasteiger charge is 2.20. The van der Waals surface area contributed by atoms with Gasteiger partial charge < -0.3 is 5.73 Å². The van der Waals surface area contributed by atoms with Crippen molar-refractivity contribution < 1.29 is 8.42 Å². The minimum Gasteiger partial charge on any atom is -0.324 e. The van der Waals surface area contributed by atoms with Crippen molar-refractivity contribution in [1.82, 2.24) is 4.72 Å². The van der Waals surface area contributed by atoms with Crippen LogP contribution in [0.15, 0.2) is 29.2 Å². The largest absolute Gasteiger partial charge is 0.324 e. The molecule has 1 unspecified atom stereocenters. The van der Waals surface area contributed by atoms with Crippen molar-refractivity contribution in [3.05, 3.63) is 29.8 Å². The van der Waals surface area contributed by atoms with Gasteiger partial charge in [-0.1, -0.05) is 44.2 Å². The van der Waals surface area contributed by atoms with E-state index in [1.807, 2.05) is 6.92 Å². The van der Waals surface area contributed by atoms with E-state index in [2.05, 4.69) is 4.72 Å². The highest BCUT2D eigenvalue weighted by molar-refractivity contribution is 7.89. The molecule has 0 spiro atoms. The maximum Gasteiger partial charge on any atom is 0.240 e. The number of hydrogen-bond acceptors (Lipinski definition) is 3. The van der Waals surface area contributed by atoms with Crippen LogP contribution in [0.1, 0.15) is 63.5 Å². The molecule has 4 nitrogen and oxygen atoms in total. The van der Waals surface area contributed by atoms with Gasteiger partial charge in [-0.15, -0.1) is 0 Å². The molecule has 118 valence electrons. The van der Waals surface area contributed by atoms with Gasteiger partial charge >= 0.3 is 0 Å². The van der Waals surface area contributed by atoms with E-state index in [0.717, 1.165) is 31.2 Å². The quantitative estimate of drug-likeness (QED) is 0.897. The summed E-state index contributed by atoms with van der Waals surface area (Å²) in [5.41, 5.74) is 6.73. The summed E-state index contributed by atoms with van der Waals surface area (Å²) in [5.74, 6) is 0. The molecule has 0 bridgehead atoms. The van der Waals surface area contributed by atoms with Crippen LogP contribution in [0, 0.1) is 0 Å². The average molecular weight is 310 g/mol. The van der Waals surface area contributed by atoms with Crippen LogP contribution >= 0.6 is 0 Å². The van der Waals surface area contributed by atoms with Gasteiger partial charge in [0, 0.05) is 12.1 Å². The molecule has 1 aliphatic rings. The van der Waals surface area contributed by atoms with Gasteiger partial charge in [0.25, 0.3) is 0 Å². The van der Waals surface area contributed by atoms with Crippen LogP contribution in [0.2, 0.25) is 0 Å². The first kappa shape index (κ1) is 16.5. The molecular weight excluding hydrogens is 284 g/mol. The highest BCUT2D eigenvalue weighted by atomic mass is 32.2. The van der Waals surface area contributed by atoms with Gasteiger partial charge in [0.1, 0.15) is 0 Å². The van der Waals surface area contributed by atoms with Crippen LogP contribution in [0.4, 0.5) is 0 Å². The first-order valence-electron chi connectivity index (χ1n) is 7.87. The van der Waals surface area contributed by atoms with Crippen molar-refractivity contribution in [2.75, 3.05) is 0 Å². The Balaban J connectivity index is 2.06. The zero-order chi connectivity index (χ0) is 15.3. The number of sulfonamides is 1. The number of rotatable bonds is 4. The van der Waals surface area contributed by atoms with Gasteiger partial charge in [-0.25, -0.2) is 13.1 Å². The van der Waals surface area contributed by atoms with Gasteiger partial charge in [0.2, 0.25) is 10.0 Å². The molecule has 1 aromatic rings. The molecule has 1 atom stereocenters. The lowest BCUT2D eigenvalue weighted by atomic mass is 9.97. The molecule has 3 N–H and O–H groups in total. The number of benzene rings is 1. The maximum atomic E-state index is 12.4. The van der Waals surface area contributed by atoms with Crippen molar-refractivity contribution in [3.63, 3.8) is 0 Å². The second kappa shape index (κ2) is 7.38. The molecule has 0 radical (unpaired) electrons. The Morgan fingerprint density at radius 1 is 1.05 bits per heavy atom. The van der Waals surface area contributed by atoms with E-state index in [1.54, 1.807) is 24.3 Å². The fraction of sp³-hybridized carbons (Fsp3) is 0.625. The summed E-state index contributed by atoms with van der Waals surface area (Å²) in [7, 11) is -3.42. The van der Waals surface area contributed by atoms with E-state index >= 15 is 0 Å². The minimum absolute atomic E-state index is 0.0726. The lowest BCUT2D eigenvalue weighted by molar-refractivity contribution is 0.426. The van der Waals surface area contributed by atoms with Crippen molar-refractivity contribution in [1.29, 1.82) is 0 Å². The summed E-state index contributed by atoms with van der Waals surface area (Å²) in [6.07, 6.45) is 7.79. The van der Waals surface area contributed by atoms with Gasteiger partial charge in [0.15, 0.2) is 0 Å². The summed E-state index contributed by atoms with van der Waals surface area (Å²) in [6, 6.07) is 6.85. The van der Waals surface area contributed by atoms with Crippen LogP contribution in [0.25, 0.3) is 0 Å². The van der Waals surface area contributed by atoms with Crippen LogP contribution < -0.4 is 10.5 Å². The number of hydrogen-bond donors (Lipinski definition) is 2. The third-order valence-electron chi connectivity index (χ3n) is 4.14. The van der Waals surface area contributed by atoms with Crippen molar-refractivity contribution >= 4 is 10.0 Å². The summed E-state index contributed by atoms with van der Waals surface area (Å²) in [4.78, 5) is 0.328. The van der Waals surface area contributed by atoms with Crippen LogP contribution in [-0.4, -0.2) is 14.5 Å². The highest BCUT2D eigenvalue weighted by Crippen LogP contribution is 2.20. The molecule has 0 aromatic heterocycles. The molecule has 0 amide bonds. The minimum atomic E-state index is -3.42. The fourth-order valence-electron chi connectivity index (χ4n) is 2.81. The molecule has 2 rings (SSSR count). The first-order chi connectivity index (χ1) is 9.99. The normalized spacial score (nSPS) is 19.7. The molecule has 0 heterocycles. The SMILES string of the molecule is CC(N)c1ccc(S(=O)(=O)NC2CCCCCCC2)cc1. The average Bonchev–Trinajstić information content (AvgIpc) is 2.42. The van der Waals surface area contributed by atoms with Crippen molar-refractivity contribution in [2.24, 2.45) is 5.73 Å². The molecular formula is C16H26N2O2S. The van der Waals surface area contributed by atoms with E-state index < -0.39 is 10.0 Å². The summed E-state index contributed by atoms with van der Waals surface area (Å²) >= 11 is 0. The van der Waals surface area contributed by atoms with Gasteiger partial charge in [-0.3, -0.25) is 0 Å². The Bertz CT molecular complexity index is 530. The number of nitrogens with two attached hydrogens (primary N) is 1. The predicted octanol–water partition coefficient (Wildman–Crippen LogP) is 3.10. The summed E-state index contributed by atoms with van der Waals surface area (Å²) in [5, 5.41) is 0. The monoisotopic (exact) mass is 310 g/mol. The molecule has 1 aromatic carbocycles. The number of nitrogens with one attached hydrogen (secondary N) is 1. The van der Waals surface area contributed by atoms with Crippen molar-refractivity contribution in [2.45, 2.75) is 68.8 Å². The van der Waals surface area contributed by atoms with Gasteiger partial charge in [0.05, 0.1) is 4.90 Å². The summed E-state index contributed by atoms with van der Waals surface area (Å²) < 4.78 is 27.7. The Kier molecular flexibility index (Phi) is 5.79. The molecule has 21 heavy (non-hydrogen) atoms. The van der Waals surface area contributed by atoms with E-state index in [9.17, 15) is 8.42 Å². The molecule has 1 aliphatic carbocycles. The lowest BCUT2D eigenvalue weighted by Gasteiger charge is -2.21. The second-order valence-electron chi connectivity index (χ2n) is 6.02. The zero-order valence-corrected chi connectivity index (χ0v) is 13.5. The Morgan fingerprint density at radius 3 is 2.10 bits per heavy atom. The van der Waals surface area contributed by atoms with E-state index in [-0.39, 0.29) is 12.1 Å². The first-order valence-corrected chi connectivity index (χ1v) is 9.35. The van der Waals surface area contributed by atoms with Crippen LogP contribution in [-0.2, 0) is 10.0 Å². The summed E-state index contributed by atoms with van der Waals surface area (Å²) in [6.45, 7) is 1.89. The van der Waals surface area contributed by atoms with Crippen LogP contribution in [0.3, 0.4) is 0 Å². The van der Waals surface area contributed by atoms with Crippen molar-refractivity contribution in [3.8, 4) is 0 Å². The third-order valence-corrected chi connectivity index (χ3v) is 5.68. The lowest BCUT2D eigenvalue weighted by Crippen LogP contribution is -2.35. The van der Waals surface area contributed by atoms with E-state index in [0.29, 0.717) is 4.90 Å². The smallest absolute Gasteiger partial charge is 0.240 e. The molecule has 1 fully saturated rings. The molecule has 1 saturated carbocycles. The predicted molar refractivity (Wildman–Crippen MR) is 85.5 cm³/mol. The molecule has 0 saturated heterocycles. The Hall–Kier alpha value is -0.910. The van der Waals surface area contributed by atoms with Crippen LogP contribution in [0.5, 0.6) is 0 Å². The van der Waals surface area contributed by atoms with Gasteiger partial charge in [-0.05, 0) is 37.5 Å². The second-order valence-corrected chi connectivity index (χ2v) is 7.74. The van der Waals surface area contributed by atoms with E-state index in [1.165, 1.54) is 19.3 Å². The fourth-order valence-corrected chi connectivity index (χ4v) is 4.12. The third kappa shape index (κ3) is 4.80. The standard InChI is InChI=1S/C16H26N2O2S/c1-13(17)14-9-11-16(12-10-14)21(19,20)18-15-7-5-3-2-4-6-8-15/h9-13,15,18H,2-8,17H2,1H3. The maximum absolute atomic E-state index is 12.4. The zero-order valence-electron chi connectivity index (χ0n) is 12.7. The molecule has 5 heteroatoms. The Morgan fingerprint density at radius 2 is 1.57 bits per heavy atom. The molecule has 0 aliphatic heterocycles. The van der Waals surface area contributed by atoms with E-state index in [4.69, 9.17) is 5.73 Å².